The first kappa shape index (κ1) is 13.8. The van der Waals surface area contributed by atoms with Gasteiger partial charge in [-0.15, -0.1) is 0 Å². The predicted molar refractivity (Wildman–Crippen MR) is 92.0 cm³/mol. The summed E-state index contributed by atoms with van der Waals surface area (Å²) in [4.78, 5) is 9.46. The number of para-hydroxylation sites is 4. The fourth-order valence-electron chi connectivity index (χ4n) is 3.82. The third-order valence-corrected chi connectivity index (χ3v) is 5.02. The summed E-state index contributed by atoms with van der Waals surface area (Å²) in [7, 11) is 0. The van der Waals surface area contributed by atoms with Gasteiger partial charge in [-0.1, -0.05) is 37.1 Å². The van der Waals surface area contributed by atoms with Crippen LogP contribution in [0.3, 0.4) is 0 Å². The van der Waals surface area contributed by atoms with Gasteiger partial charge in [0.25, 0.3) is 0 Å². The first-order valence-electron chi connectivity index (χ1n) is 8.59. The van der Waals surface area contributed by atoms with Crippen molar-refractivity contribution >= 4 is 22.2 Å². The molecule has 2 aromatic heterocycles. The molecule has 4 aromatic rings. The van der Waals surface area contributed by atoms with Gasteiger partial charge in [0.2, 0.25) is 0 Å². The van der Waals surface area contributed by atoms with Crippen molar-refractivity contribution in [2.75, 3.05) is 0 Å². The zero-order valence-electron chi connectivity index (χ0n) is 13.3. The third-order valence-electron chi connectivity index (χ3n) is 5.02. The third kappa shape index (κ3) is 2.21. The number of hydrogen-bond donors (Lipinski definition) is 0. The molecule has 24 heavy (non-hydrogen) atoms. The molecule has 0 aliphatic heterocycles. The van der Waals surface area contributed by atoms with Crippen molar-refractivity contribution in [3.63, 3.8) is 0 Å². The standard InChI is InChI=1S/C20H18N2O2/c1-2-8-14(20-22-16-10-4-6-12-18(16)24-20)13(7-1)19-21-15-9-3-5-11-17(15)23-19/h3-6,9-14H,1-2,7-8H2. The maximum absolute atomic E-state index is 6.05. The molecule has 2 aromatic carbocycles. The highest BCUT2D eigenvalue weighted by molar-refractivity contribution is 5.73. The Balaban J connectivity index is 1.57. The van der Waals surface area contributed by atoms with Crippen LogP contribution in [0.1, 0.15) is 49.3 Å². The Morgan fingerprint density at radius 1 is 0.667 bits per heavy atom. The van der Waals surface area contributed by atoms with Gasteiger partial charge < -0.3 is 8.83 Å². The molecule has 2 atom stereocenters. The Kier molecular flexibility index (Phi) is 3.15. The maximum atomic E-state index is 6.05. The van der Waals surface area contributed by atoms with E-state index in [9.17, 15) is 0 Å². The van der Waals surface area contributed by atoms with Gasteiger partial charge in [-0.25, -0.2) is 9.97 Å². The Morgan fingerprint density at radius 2 is 1.12 bits per heavy atom. The van der Waals surface area contributed by atoms with Crippen molar-refractivity contribution in [2.24, 2.45) is 0 Å². The first-order chi connectivity index (χ1) is 11.9. The van der Waals surface area contributed by atoms with Gasteiger partial charge in [0.05, 0.1) is 0 Å². The van der Waals surface area contributed by atoms with Gasteiger partial charge in [-0.05, 0) is 37.1 Å². The number of rotatable bonds is 2. The molecule has 0 radical (unpaired) electrons. The molecule has 0 spiro atoms. The fraction of sp³-hybridized carbons (Fsp3) is 0.300. The molecule has 1 fully saturated rings. The van der Waals surface area contributed by atoms with Gasteiger partial charge in [-0.2, -0.15) is 0 Å². The average molecular weight is 318 g/mol. The highest BCUT2D eigenvalue weighted by Gasteiger charge is 2.34. The Hall–Kier alpha value is -2.62. The minimum atomic E-state index is 0.235. The van der Waals surface area contributed by atoms with Crippen LogP contribution in [0, 0.1) is 0 Å². The number of nitrogens with zero attached hydrogens (tertiary/aromatic N) is 2. The topological polar surface area (TPSA) is 52.1 Å². The molecule has 4 nitrogen and oxygen atoms in total. The molecule has 120 valence electrons. The lowest BCUT2D eigenvalue weighted by Gasteiger charge is -2.26. The van der Waals surface area contributed by atoms with Crippen molar-refractivity contribution in [3.05, 3.63) is 60.3 Å². The normalized spacial score (nSPS) is 21.5. The van der Waals surface area contributed by atoms with Crippen LogP contribution >= 0.6 is 0 Å². The number of benzene rings is 2. The largest absolute Gasteiger partial charge is 0.440 e. The van der Waals surface area contributed by atoms with Crippen molar-refractivity contribution in [1.29, 1.82) is 0 Å². The zero-order chi connectivity index (χ0) is 15.9. The average Bonchev–Trinajstić information content (AvgIpc) is 3.25. The maximum Gasteiger partial charge on any atom is 0.199 e. The summed E-state index contributed by atoms with van der Waals surface area (Å²) < 4.78 is 12.1. The lowest BCUT2D eigenvalue weighted by Crippen LogP contribution is -2.16. The van der Waals surface area contributed by atoms with Gasteiger partial charge in [0.15, 0.2) is 22.9 Å². The molecule has 2 unspecified atom stereocenters. The van der Waals surface area contributed by atoms with Crippen LogP contribution in [0.15, 0.2) is 57.4 Å². The van der Waals surface area contributed by atoms with Crippen LogP contribution in [-0.4, -0.2) is 9.97 Å². The highest BCUT2D eigenvalue weighted by atomic mass is 16.4. The highest BCUT2D eigenvalue weighted by Crippen LogP contribution is 2.44. The van der Waals surface area contributed by atoms with Crippen LogP contribution in [0.4, 0.5) is 0 Å². The van der Waals surface area contributed by atoms with E-state index < -0.39 is 0 Å². The molecule has 4 heteroatoms. The van der Waals surface area contributed by atoms with Crippen LogP contribution in [0.5, 0.6) is 0 Å². The molecule has 0 N–H and O–H groups in total. The second-order valence-electron chi connectivity index (χ2n) is 6.54. The minimum Gasteiger partial charge on any atom is -0.440 e. The summed E-state index contributed by atoms with van der Waals surface area (Å²) in [5, 5.41) is 0. The summed E-state index contributed by atoms with van der Waals surface area (Å²) in [5.41, 5.74) is 3.56. The minimum absolute atomic E-state index is 0.235. The van der Waals surface area contributed by atoms with E-state index in [4.69, 9.17) is 18.8 Å². The fourth-order valence-corrected chi connectivity index (χ4v) is 3.82. The summed E-state index contributed by atoms with van der Waals surface area (Å²) in [6, 6.07) is 15.9. The SMILES string of the molecule is c1ccc2oc(C3CCCCC3c3nc4ccccc4o3)nc2c1. The quantitative estimate of drug-likeness (QED) is 0.496. The van der Waals surface area contributed by atoms with Gasteiger partial charge >= 0.3 is 0 Å². The predicted octanol–water partition coefficient (Wildman–Crippen LogP) is 5.41. The number of hydrogen-bond acceptors (Lipinski definition) is 4. The van der Waals surface area contributed by atoms with E-state index in [1.165, 1.54) is 12.8 Å². The lowest BCUT2D eigenvalue weighted by atomic mass is 9.79. The molecular weight excluding hydrogens is 300 g/mol. The van der Waals surface area contributed by atoms with Crippen molar-refractivity contribution < 1.29 is 8.83 Å². The Morgan fingerprint density at radius 3 is 1.58 bits per heavy atom. The smallest absolute Gasteiger partial charge is 0.199 e. The molecule has 0 saturated heterocycles. The molecule has 1 saturated carbocycles. The number of oxazole rings is 2. The van der Waals surface area contributed by atoms with E-state index in [2.05, 4.69) is 0 Å². The van der Waals surface area contributed by atoms with E-state index >= 15 is 0 Å². The van der Waals surface area contributed by atoms with Crippen LogP contribution in [0.25, 0.3) is 22.2 Å². The van der Waals surface area contributed by atoms with Crippen LogP contribution in [0.2, 0.25) is 0 Å². The van der Waals surface area contributed by atoms with Crippen LogP contribution in [-0.2, 0) is 0 Å². The number of aromatic nitrogens is 2. The molecule has 1 aliphatic carbocycles. The molecular formula is C20H18N2O2. The number of fused-ring (bicyclic) bond motifs is 2. The Bertz CT molecular complexity index is 853. The van der Waals surface area contributed by atoms with Crippen molar-refractivity contribution in [2.45, 2.75) is 37.5 Å². The molecule has 0 amide bonds. The summed E-state index contributed by atoms with van der Waals surface area (Å²) >= 11 is 0. The molecule has 0 bridgehead atoms. The van der Waals surface area contributed by atoms with Gasteiger partial charge in [-0.3, -0.25) is 0 Å². The van der Waals surface area contributed by atoms with Crippen LogP contribution < -0.4 is 0 Å². The monoisotopic (exact) mass is 318 g/mol. The van der Waals surface area contributed by atoms with Crippen molar-refractivity contribution in [1.82, 2.24) is 9.97 Å². The van der Waals surface area contributed by atoms with E-state index in [0.29, 0.717) is 0 Å². The summed E-state index contributed by atoms with van der Waals surface area (Å²) in [5.74, 6) is 2.12. The summed E-state index contributed by atoms with van der Waals surface area (Å²) in [6.07, 6.45) is 4.52. The second kappa shape index (κ2) is 5.48. The first-order valence-corrected chi connectivity index (χ1v) is 8.59. The molecule has 5 rings (SSSR count). The van der Waals surface area contributed by atoms with E-state index in [1.54, 1.807) is 0 Å². The van der Waals surface area contributed by atoms with Gasteiger partial charge in [0, 0.05) is 11.8 Å². The van der Waals surface area contributed by atoms with Gasteiger partial charge in [0.1, 0.15) is 11.0 Å². The zero-order valence-corrected chi connectivity index (χ0v) is 13.3. The lowest BCUT2D eigenvalue weighted by molar-refractivity contribution is 0.295. The molecule has 1 aliphatic rings. The summed E-state index contributed by atoms with van der Waals surface area (Å²) in [6.45, 7) is 0. The Labute approximate surface area is 139 Å². The van der Waals surface area contributed by atoms with E-state index in [-0.39, 0.29) is 11.8 Å². The second-order valence-corrected chi connectivity index (χ2v) is 6.54. The molecule has 2 heterocycles. The van der Waals surface area contributed by atoms with E-state index in [0.717, 1.165) is 46.8 Å². The van der Waals surface area contributed by atoms with E-state index in [1.807, 2.05) is 48.5 Å². The van der Waals surface area contributed by atoms with Crippen molar-refractivity contribution in [3.8, 4) is 0 Å².